The second-order valence-electron chi connectivity index (χ2n) is 9.37. The van der Waals surface area contributed by atoms with E-state index in [1.165, 1.54) is 12.1 Å². The fraction of sp³-hybridized carbons (Fsp3) is 0.385. The highest BCUT2D eigenvalue weighted by molar-refractivity contribution is 7.90. The molecule has 2 amide bonds. The Kier molecular flexibility index (Phi) is 8.34. The van der Waals surface area contributed by atoms with Crippen LogP contribution in [0.3, 0.4) is 0 Å². The molecule has 0 spiro atoms. The van der Waals surface area contributed by atoms with Crippen LogP contribution in [0.2, 0.25) is 0 Å². The number of rotatable bonds is 6. The largest absolute Gasteiger partial charge is 0.394 e. The number of nitrogens with zero attached hydrogens (tertiary/aromatic N) is 3. The first kappa shape index (κ1) is 27.6. The van der Waals surface area contributed by atoms with Crippen LogP contribution in [-0.4, -0.2) is 81.7 Å². The summed E-state index contributed by atoms with van der Waals surface area (Å²) in [6, 6.07) is 10.00. The zero-order valence-corrected chi connectivity index (χ0v) is 22.3. The highest BCUT2D eigenvalue weighted by Gasteiger charge is 2.30. The number of ether oxygens (including phenoxy) is 1. The van der Waals surface area contributed by atoms with Gasteiger partial charge in [-0.25, -0.2) is 22.6 Å². The van der Waals surface area contributed by atoms with Crippen LogP contribution in [0.25, 0.3) is 5.70 Å². The molecule has 204 valence electrons. The molecule has 2 aliphatic heterocycles. The van der Waals surface area contributed by atoms with Crippen molar-refractivity contribution in [1.29, 1.82) is 0 Å². The SMILES string of the molecule is C[C@H](CO)NC(=O)Nc1ccc(N2CC=C(c3cc(F)ccc3S(C)(=O)=O)N=C2N2CCOC[C@@H]2C)cc1. The number of guanidine groups is 1. The van der Waals surface area contributed by atoms with E-state index in [0.29, 0.717) is 43.6 Å². The molecule has 2 heterocycles. The van der Waals surface area contributed by atoms with Crippen molar-refractivity contribution < 1.29 is 27.4 Å². The summed E-state index contributed by atoms with van der Waals surface area (Å²) in [4.78, 5) is 21.0. The molecule has 0 aromatic heterocycles. The van der Waals surface area contributed by atoms with E-state index in [9.17, 15) is 17.6 Å². The third-order valence-corrected chi connectivity index (χ3v) is 7.41. The van der Waals surface area contributed by atoms with E-state index >= 15 is 0 Å². The lowest BCUT2D eigenvalue weighted by molar-refractivity contribution is 0.0324. The Hall–Kier alpha value is -3.48. The highest BCUT2D eigenvalue weighted by atomic mass is 32.2. The summed E-state index contributed by atoms with van der Waals surface area (Å²) >= 11 is 0. The van der Waals surface area contributed by atoms with Crippen LogP contribution in [-0.2, 0) is 14.6 Å². The Bertz CT molecular complexity index is 1350. The number of urea groups is 1. The number of aliphatic hydroxyl groups is 1. The van der Waals surface area contributed by atoms with Crippen LogP contribution < -0.4 is 15.5 Å². The highest BCUT2D eigenvalue weighted by Crippen LogP contribution is 2.31. The van der Waals surface area contributed by atoms with Gasteiger partial charge >= 0.3 is 6.03 Å². The van der Waals surface area contributed by atoms with Crippen LogP contribution in [0, 0.1) is 5.82 Å². The summed E-state index contributed by atoms with van der Waals surface area (Å²) in [6.07, 6.45) is 2.86. The van der Waals surface area contributed by atoms with Crippen molar-refractivity contribution in [2.24, 2.45) is 4.99 Å². The van der Waals surface area contributed by atoms with E-state index < -0.39 is 21.7 Å². The monoisotopic (exact) mass is 545 g/mol. The van der Waals surface area contributed by atoms with Crippen LogP contribution in [0.4, 0.5) is 20.6 Å². The first-order chi connectivity index (χ1) is 18.1. The predicted molar refractivity (Wildman–Crippen MR) is 144 cm³/mol. The minimum Gasteiger partial charge on any atom is -0.394 e. The first-order valence-corrected chi connectivity index (χ1v) is 14.1. The molecule has 0 aliphatic carbocycles. The smallest absolute Gasteiger partial charge is 0.319 e. The van der Waals surface area contributed by atoms with Crippen molar-refractivity contribution in [3.8, 4) is 0 Å². The summed E-state index contributed by atoms with van der Waals surface area (Å²) in [5.41, 5.74) is 1.96. The second-order valence-corrected chi connectivity index (χ2v) is 11.4. The molecule has 0 bridgehead atoms. The minimum absolute atomic E-state index is 0.00406. The topological polar surface area (TPSA) is 124 Å². The number of morpholine rings is 1. The van der Waals surface area contributed by atoms with Crippen molar-refractivity contribution in [3.63, 3.8) is 0 Å². The van der Waals surface area contributed by atoms with Crippen LogP contribution >= 0.6 is 0 Å². The van der Waals surface area contributed by atoms with E-state index in [-0.39, 0.29) is 29.1 Å². The molecule has 38 heavy (non-hydrogen) atoms. The number of aliphatic imine (C=N–C) groups is 1. The van der Waals surface area contributed by atoms with Gasteiger partial charge in [-0.3, -0.25) is 0 Å². The number of carbonyl (C=O) groups is 1. The average Bonchev–Trinajstić information content (AvgIpc) is 2.88. The number of sulfone groups is 1. The number of halogens is 1. The Morgan fingerprint density at radius 1 is 1.26 bits per heavy atom. The molecule has 2 aromatic rings. The van der Waals surface area contributed by atoms with Gasteiger partial charge in [0.05, 0.1) is 42.5 Å². The molecular formula is C26H32FN5O5S. The standard InChI is InChI=1S/C26H32FN5O5S/c1-17(15-33)28-25(34)29-20-5-7-21(8-6-20)32-11-10-23(30-26(32)31-12-13-37-16-18(31)2)22-14-19(27)4-9-24(22)38(3,35)36/h4-10,14,17-18,33H,11-13,15-16H2,1-3H3,(H2,28,29,34)/t17-,18+/m1/s1. The van der Waals surface area contributed by atoms with Gasteiger partial charge in [0.25, 0.3) is 0 Å². The molecule has 3 N–H and O–H groups in total. The van der Waals surface area contributed by atoms with Crippen molar-refractivity contribution >= 4 is 38.9 Å². The van der Waals surface area contributed by atoms with E-state index in [1.807, 2.05) is 24.0 Å². The van der Waals surface area contributed by atoms with Gasteiger partial charge in [0, 0.05) is 36.3 Å². The van der Waals surface area contributed by atoms with Gasteiger partial charge in [-0.05, 0) is 62.4 Å². The molecule has 2 aliphatic rings. The van der Waals surface area contributed by atoms with Crippen LogP contribution in [0.1, 0.15) is 19.4 Å². The number of carbonyl (C=O) groups excluding carboxylic acids is 1. The fourth-order valence-electron chi connectivity index (χ4n) is 4.29. The molecule has 12 heteroatoms. The summed E-state index contributed by atoms with van der Waals surface area (Å²) in [5, 5.41) is 14.5. The molecule has 1 saturated heterocycles. The first-order valence-electron chi connectivity index (χ1n) is 12.3. The lowest BCUT2D eigenvalue weighted by atomic mass is 10.1. The fourth-order valence-corrected chi connectivity index (χ4v) is 5.17. The number of amides is 2. The molecule has 4 rings (SSSR count). The predicted octanol–water partition coefficient (Wildman–Crippen LogP) is 2.67. The van der Waals surface area contributed by atoms with Gasteiger partial charge in [0.2, 0.25) is 5.96 Å². The van der Waals surface area contributed by atoms with Crippen molar-refractivity contribution in [2.45, 2.75) is 30.8 Å². The summed E-state index contributed by atoms with van der Waals surface area (Å²) < 4.78 is 44.7. The van der Waals surface area contributed by atoms with Gasteiger partial charge in [0.15, 0.2) is 9.84 Å². The number of aliphatic hydroxyl groups excluding tert-OH is 1. The number of hydrogen-bond donors (Lipinski definition) is 3. The summed E-state index contributed by atoms with van der Waals surface area (Å²) in [6.45, 7) is 5.49. The molecule has 2 atom stereocenters. The summed E-state index contributed by atoms with van der Waals surface area (Å²) in [5.74, 6) is 0.0463. The quantitative estimate of drug-likeness (QED) is 0.477. The molecule has 0 radical (unpaired) electrons. The number of hydrogen-bond acceptors (Lipinski definition) is 8. The number of anilines is 2. The van der Waals surface area contributed by atoms with Gasteiger partial charge in [-0.2, -0.15) is 0 Å². The molecule has 2 aromatic carbocycles. The average molecular weight is 546 g/mol. The molecular weight excluding hydrogens is 513 g/mol. The van der Waals surface area contributed by atoms with Gasteiger partial charge < -0.3 is 30.3 Å². The maximum absolute atomic E-state index is 14.2. The molecule has 1 fully saturated rings. The maximum Gasteiger partial charge on any atom is 0.319 e. The summed E-state index contributed by atoms with van der Waals surface area (Å²) in [7, 11) is -3.62. The molecule has 0 unspecified atom stereocenters. The molecule has 10 nitrogen and oxygen atoms in total. The number of nitrogens with one attached hydrogen (secondary N) is 2. The Morgan fingerprint density at radius 2 is 2.00 bits per heavy atom. The van der Waals surface area contributed by atoms with Gasteiger partial charge in [0.1, 0.15) is 5.82 Å². The van der Waals surface area contributed by atoms with Crippen molar-refractivity contribution in [2.75, 3.05) is 49.4 Å². The van der Waals surface area contributed by atoms with Crippen molar-refractivity contribution in [1.82, 2.24) is 10.2 Å². The van der Waals surface area contributed by atoms with E-state index in [2.05, 4.69) is 15.5 Å². The van der Waals surface area contributed by atoms with Gasteiger partial charge in [-0.15, -0.1) is 0 Å². The Morgan fingerprint density at radius 3 is 2.66 bits per heavy atom. The lowest BCUT2D eigenvalue weighted by Crippen LogP contribution is -2.54. The van der Waals surface area contributed by atoms with Crippen LogP contribution in [0.5, 0.6) is 0 Å². The zero-order valence-electron chi connectivity index (χ0n) is 21.5. The lowest BCUT2D eigenvalue weighted by Gasteiger charge is -2.41. The van der Waals surface area contributed by atoms with E-state index in [0.717, 1.165) is 18.0 Å². The normalized spacial score (nSPS) is 18.9. The maximum atomic E-state index is 14.2. The second kappa shape index (κ2) is 11.5. The Labute approximate surface area is 221 Å². The Balaban J connectivity index is 1.67. The van der Waals surface area contributed by atoms with E-state index in [4.69, 9.17) is 14.8 Å². The minimum atomic E-state index is -3.62. The van der Waals surface area contributed by atoms with Crippen LogP contribution in [0.15, 0.2) is 58.4 Å². The van der Waals surface area contributed by atoms with Gasteiger partial charge in [-0.1, -0.05) is 0 Å². The third kappa shape index (κ3) is 6.32. The zero-order chi connectivity index (χ0) is 27.4. The third-order valence-electron chi connectivity index (χ3n) is 6.26. The molecule has 0 saturated carbocycles. The van der Waals surface area contributed by atoms with Crippen molar-refractivity contribution in [3.05, 3.63) is 59.9 Å². The number of benzene rings is 2. The van der Waals surface area contributed by atoms with E-state index in [1.54, 1.807) is 25.1 Å².